The summed E-state index contributed by atoms with van der Waals surface area (Å²) in [7, 11) is 1.72. The van der Waals surface area contributed by atoms with Crippen LogP contribution in [0, 0.1) is 0 Å². The Kier molecular flexibility index (Phi) is 6.94. The van der Waals surface area contributed by atoms with Crippen LogP contribution in [0.15, 0.2) is 10.7 Å². The Morgan fingerprint density at radius 3 is 3.21 bits per heavy atom. The molecule has 80 valence electrons. The summed E-state index contributed by atoms with van der Waals surface area (Å²) in [6.07, 6.45) is 2.75. The predicted octanol–water partition coefficient (Wildman–Crippen LogP) is 1.26. The lowest BCUT2D eigenvalue weighted by molar-refractivity contribution is 0.199. The van der Waals surface area contributed by atoms with Crippen LogP contribution in [0.2, 0.25) is 0 Å². The van der Waals surface area contributed by atoms with E-state index in [1.165, 1.54) is 11.5 Å². The molecule has 0 unspecified atom stereocenters. The lowest BCUT2D eigenvalue weighted by Gasteiger charge is -2.02. The van der Waals surface area contributed by atoms with Crippen molar-refractivity contribution in [2.24, 2.45) is 0 Å². The van der Waals surface area contributed by atoms with Gasteiger partial charge < -0.3 is 10.1 Å². The number of aromatic nitrogens is 2. The summed E-state index contributed by atoms with van der Waals surface area (Å²) in [6, 6.07) is 0. The number of methoxy groups -OCH3 is 1. The number of hydrogen-bond donors (Lipinski definition) is 1. The highest BCUT2D eigenvalue weighted by Gasteiger charge is 1.96. The van der Waals surface area contributed by atoms with Crippen molar-refractivity contribution in [1.82, 2.24) is 14.7 Å². The summed E-state index contributed by atoms with van der Waals surface area (Å²) >= 11 is 3.22. The van der Waals surface area contributed by atoms with Gasteiger partial charge in [-0.3, -0.25) is 0 Å². The summed E-state index contributed by atoms with van der Waals surface area (Å²) < 4.78 is 9.92. The van der Waals surface area contributed by atoms with Crippen LogP contribution in [-0.4, -0.2) is 41.9 Å². The van der Waals surface area contributed by atoms with Crippen LogP contribution in [0.3, 0.4) is 0 Å². The van der Waals surface area contributed by atoms with E-state index < -0.39 is 0 Å². The molecule has 14 heavy (non-hydrogen) atoms. The van der Waals surface area contributed by atoms with E-state index in [2.05, 4.69) is 14.7 Å². The first-order valence-electron chi connectivity index (χ1n) is 4.52. The Hall–Kier alpha value is -0.170. The molecule has 1 rings (SSSR count). The number of ether oxygens (including phenoxy) is 1. The summed E-state index contributed by atoms with van der Waals surface area (Å²) in [5, 5.41) is 3.30. The van der Waals surface area contributed by atoms with E-state index >= 15 is 0 Å². The van der Waals surface area contributed by atoms with Gasteiger partial charge in [0.05, 0.1) is 6.61 Å². The number of nitrogens with one attached hydrogen (secondary N) is 1. The van der Waals surface area contributed by atoms with Crippen molar-refractivity contribution in [2.45, 2.75) is 10.8 Å². The van der Waals surface area contributed by atoms with Crippen molar-refractivity contribution in [3.8, 4) is 0 Å². The maximum absolute atomic E-state index is 4.92. The Bertz CT molecular complexity index is 218. The van der Waals surface area contributed by atoms with Crippen molar-refractivity contribution in [3.63, 3.8) is 0 Å². The monoisotopic (exact) mass is 233 g/mol. The molecule has 1 N–H and O–H groups in total. The fourth-order valence-electron chi connectivity index (χ4n) is 0.882. The van der Waals surface area contributed by atoms with Crippen molar-refractivity contribution >= 4 is 23.3 Å². The molecule has 0 spiro atoms. The molecule has 0 aliphatic carbocycles. The van der Waals surface area contributed by atoms with Gasteiger partial charge in [0.25, 0.3) is 0 Å². The molecule has 0 bridgehead atoms. The molecule has 1 heterocycles. The highest BCUT2D eigenvalue weighted by molar-refractivity contribution is 8.00. The summed E-state index contributed by atoms with van der Waals surface area (Å²) in [5.74, 6) is 1.09. The van der Waals surface area contributed by atoms with Gasteiger partial charge in [-0.15, -0.1) is 0 Å². The van der Waals surface area contributed by atoms with Crippen LogP contribution in [0.4, 0.5) is 0 Å². The van der Waals surface area contributed by atoms with E-state index in [1.807, 2.05) is 0 Å². The van der Waals surface area contributed by atoms with Gasteiger partial charge >= 0.3 is 0 Å². The van der Waals surface area contributed by atoms with E-state index in [-0.39, 0.29) is 0 Å². The molecule has 0 aliphatic rings. The maximum Gasteiger partial charge on any atom is 0.169 e. The molecular weight excluding hydrogens is 218 g/mol. The molecule has 0 amide bonds. The second-order valence-electron chi connectivity index (χ2n) is 2.65. The molecule has 0 radical (unpaired) electrons. The first kappa shape index (κ1) is 11.9. The third-order valence-corrected chi connectivity index (χ3v) is 3.43. The largest absolute Gasteiger partial charge is 0.383 e. The second kappa shape index (κ2) is 8.16. The molecule has 4 nitrogen and oxygen atoms in total. The molecule has 0 fully saturated rings. The number of thioether (sulfide) groups is 1. The van der Waals surface area contributed by atoms with E-state index in [0.29, 0.717) is 0 Å². The van der Waals surface area contributed by atoms with E-state index in [9.17, 15) is 0 Å². The maximum atomic E-state index is 4.92. The van der Waals surface area contributed by atoms with Crippen LogP contribution in [-0.2, 0) is 4.74 Å². The van der Waals surface area contributed by atoms with Gasteiger partial charge in [0.15, 0.2) is 4.34 Å². The van der Waals surface area contributed by atoms with E-state index in [4.69, 9.17) is 4.74 Å². The molecule has 0 aromatic carbocycles. The molecule has 1 aromatic heterocycles. The lowest BCUT2D eigenvalue weighted by atomic mass is 10.5. The third-order valence-electron chi connectivity index (χ3n) is 1.55. The van der Waals surface area contributed by atoms with Gasteiger partial charge in [-0.05, 0) is 24.5 Å². The lowest BCUT2D eigenvalue weighted by Crippen LogP contribution is -2.20. The first-order chi connectivity index (χ1) is 6.93. The van der Waals surface area contributed by atoms with Crippen molar-refractivity contribution < 1.29 is 4.74 Å². The van der Waals surface area contributed by atoms with Crippen molar-refractivity contribution in [3.05, 3.63) is 6.33 Å². The zero-order chi connectivity index (χ0) is 10.1. The summed E-state index contributed by atoms with van der Waals surface area (Å²) in [5.41, 5.74) is 0. The predicted molar refractivity (Wildman–Crippen MR) is 60.0 cm³/mol. The Morgan fingerprint density at radius 1 is 1.57 bits per heavy atom. The van der Waals surface area contributed by atoms with Gasteiger partial charge in [-0.2, -0.15) is 4.37 Å². The topological polar surface area (TPSA) is 47.0 Å². The van der Waals surface area contributed by atoms with Gasteiger partial charge in [0.1, 0.15) is 6.33 Å². The van der Waals surface area contributed by atoms with Crippen LogP contribution in [0.25, 0.3) is 0 Å². The van der Waals surface area contributed by atoms with Crippen molar-refractivity contribution in [1.29, 1.82) is 0 Å². The fourth-order valence-corrected chi connectivity index (χ4v) is 2.34. The Balaban J connectivity index is 1.85. The van der Waals surface area contributed by atoms with Gasteiger partial charge in [-0.25, -0.2) is 4.98 Å². The SMILES string of the molecule is COCCNCCCSc1ncns1. The first-order valence-corrected chi connectivity index (χ1v) is 6.28. The average molecular weight is 233 g/mol. The molecule has 0 saturated heterocycles. The fraction of sp³-hybridized carbons (Fsp3) is 0.750. The minimum Gasteiger partial charge on any atom is -0.383 e. The van der Waals surface area contributed by atoms with Gasteiger partial charge in [0.2, 0.25) is 0 Å². The van der Waals surface area contributed by atoms with Crippen LogP contribution in [0.5, 0.6) is 0 Å². The van der Waals surface area contributed by atoms with E-state index in [1.54, 1.807) is 25.2 Å². The normalized spacial score (nSPS) is 10.6. The summed E-state index contributed by atoms with van der Waals surface area (Å²) in [6.45, 7) is 2.75. The van der Waals surface area contributed by atoms with Crippen LogP contribution < -0.4 is 5.32 Å². The Labute approximate surface area is 92.6 Å². The molecule has 0 aliphatic heterocycles. The second-order valence-corrected chi connectivity index (χ2v) is 4.77. The average Bonchev–Trinajstić information content (AvgIpc) is 2.69. The minimum atomic E-state index is 0.781. The van der Waals surface area contributed by atoms with Gasteiger partial charge in [0, 0.05) is 19.4 Å². The zero-order valence-electron chi connectivity index (χ0n) is 8.23. The highest BCUT2D eigenvalue weighted by atomic mass is 32.2. The number of nitrogens with zero attached hydrogens (tertiary/aromatic N) is 2. The standard InChI is InChI=1S/C8H15N3OS2/c1-12-5-4-9-3-2-6-13-8-10-7-11-14-8/h7,9H,2-6H2,1H3. The molecular formula is C8H15N3OS2. The third kappa shape index (κ3) is 5.54. The van der Waals surface area contributed by atoms with Crippen molar-refractivity contribution in [2.75, 3.05) is 32.6 Å². The zero-order valence-corrected chi connectivity index (χ0v) is 9.87. The highest BCUT2D eigenvalue weighted by Crippen LogP contribution is 2.18. The van der Waals surface area contributed by atoms with E-state index in [0.717, 1.165) is 36.2 Å². The van der Waals surface area contributed by atoms with Gasteiger partial charge in [-0.1, -0.05) is 11.8 Å². The minimum absolute atomic E-state index is 0.781. The quantitative estimate of drug-likeness (QED) is 0.541. The molecule has 6 heteroatoms. The van der Waals surface area contributed by atoms with Crippen LogP contribution in [0.1, 0.15) is 6.42 Å². The van der Waals surface area contributed by atoms with Crippen LogP contribution >= 0.6 is 23.3 Å². The number of hydrogen-bond acceptors (Lipinski definition) is 6. The smallest absolute Gasteiger partial charge is 0.169 e. The summed E-state index contributed by atoms with van der Waals surface area (Å²) in [4.78, 5) is 4.09. The molecule has 1 aromatic rings. The Morgan fingerprint density at radius 2 is 2.50 bits per heavy atom. The number of rotatable bonds is 8. The molecule has 0 atom stereocenters. The molecule has 0 saturated carbocycles.